The molecule has 6 heteroatoms. The summed E-state index contributed by atoms with van der Waals surface area (Å²) in [5, 5.41) is 10.3. The molecule has 0 aliphatic carbocycles. The average molecular weight is 266 g/mol. The molecule has 2 rings (SSSR count). The van der Waals surface area contributed by atoms with Gasteiger partial charge in [0.15, 0.2) is 0 Å². The van der Waals surface area contributed by atoms with Crippen LogP contribution in [-0.4, -0.2) is 34.8 Å². The van der Waals surface area contributed by atoms with Crippen molar-refractivity contribution in [3.63, 3.8) is 0 Å². The molecule has 0 aliphatic rings. The lowest BCUT2D eigenvalue weighted by Gasteiger charge is -2.24. The Morgan fingerprint density at radius 3 is 2.83 bits per heavy atom. The van der Waals surface area contributed by atoms with Crippen LogP contribution >= 0.6 is 11.3 Å². The largest absolute Gasteiger partial charge is 0.394 e. The summed E-state index contributed by atoms with van der Waals surface area (Å²) < 4.78 is 0. The Kier molecular flexibility index (Phi) is 3.68. The van der Waals surface area contributed by atoms with Crippen LogP contribution in [0.25, 0.3) is 10.2 Å². The molecule has 0 amide bonds. The van der Waals surface area contributed by atoms with Gasteiger partial charge in [-0.15, -0.1) is 11.3 Å². The van der Waals surface area contributed by atoms with Gasteiger partial charge in [0.1, 0.15) is 10.6 Å². The van der Waals surface area contributed by atoms with Crippen LogP contribution in [0.15, 0.2) is 6.07 Å². The van der Waals surface area contributed by atoms with Gasteiger partial charge in [-0.3, -0.25) is 0 Å². The number of aliphatic hydroxyl groups is 1. The highest BCUT2D eigenvalue weighted by molar-refractivity contribution is 7.18. The highest BCUT2D eigenvalue weighted by Gasteiger charge is 2.17. The number of nitrogens with zero attached hydrogens (tertiary/aromatic N) is 3. The van der Waals surface area contributed by atoms with Gasteiger partial charge in [-0.1, -0.05) is 6.92 Å². The molecular weight excluding hydrogens is 248 g/mol. The Labute approximate surface area is 110 Å². The summed E-state index contributed by atoms with van der Waals surface area (Å²) in [4.78, 5) is 12.7. The number of aliphatic hydroxyl groups excluding tert-OH is 1. The Hall–Kier alpha value is -1.40. The molecule has 0 bridgehead atoms. The third-order valence-electron chi connectivity index (χ3n) is 3.05. The summed E-state index contributed by atoms with van der Waals surface area (Å²) in [7, 11) is 1.91. The number of hydrogen-bond acceptors (Lipinski definition) is 6. The van der Waals surface area contributed by atoms with Gasteiger partial charge in [-0.05, 0) is 19.4 Å². The monoisotopic (exact) mass is 266 g/mol. The molecular formula is C12H18N4OS. The molecule has 1 unspecified atom stereocenters. The maximum Gasteiger partial charge on any atom is 0.223 e. The zero-order chi connectivity index (χ0) is 13.3. The van der Waals surface area contributed by atoms with Gasteiger partial charge in [-0.2, -0.15) is 4.98 Å². The number of nitrogen functional groups attached to an aromatic ring is 1. The zero-order valence-corrected chi connectivity index (χ0v) is 11.7. The van der Waals surface area contributed by atoms with Crippen LogP contribution in [0.2, 0.25) is 0 Å². The summed E-state index contributed by atoms with van der Waals surface area (Å²) >= 11 is 1.64. The molecule has 98 valence electrons. The SMILES string of the molecule is CCc1cc2c(N(C)C(C)CO)nc(N)nc2s1. The van der Waals surface area contributed by atoms with E-state index in [-0.39, 0.29) is 18.6 Å². The van der Waals surface area contributed by atoms with Crippen molar-refractivity contribution in [1.82, 2.24) is 9.97 Å². The van der Waals surface area contributed by atoms with Crippen molar-refractivity contribution in [3.8, 4) is 0 Å². The second-order valence-corrected chi connectivity index (χ2v) is 5.45. The molecule has 18 heavy (non-hydrogen) atoms. The minimum atomic E-state index is -0.00697. The third kappa shape index (κ3) is 2.26. The Morgan fingerprint density at radius 1 is 1.50 bits per heavy atom. The molecule has 5 nitrogen and oxygen atoms in total. The van der Waals surface area contributed by atoms with Gasteiger partial charge in [0.05, 0.1) is 18.0 Å². The summed E-state index contributed by atoms with van der Waals surface area (Å²) in [5.74, 6) is 1.06. The van der Waals surface area contributed by atoms with Crippen molar-refractivity contribution in [3.05, 3.63) is 10.9 Å². The van der Waals surface area contributed by atoms with E-state index in [1.165, 1.54) is 4.88 Å². The minimum Gasteiger partial charge on any atom is -0.394 e. The zero-order valence-electron chi connectivity index (χ0n) is 10.8. The summed E-state index contributed by atoms with van der Waals surface area (Å²) in [5.41, 5.74) is 5.75. The van der Waals surface area contributed by atoms with E-state index in [0.717, 1.165) is 22.5 Å². The highest BCUT2D eigenvalue weighted by atomic mass is 32.1. The number of aryl methyl sites for hydroxylation is 1. The second-order valence-electron chi connectivity index (χ2n) is 4.33. The van der Waals surface area contributed by atoms with E-state index in [2.05, 4.69) is 23.0 Å². The van der Waals surface area contributed by atoms with Crippen molar-refractivity contribution in [1.29, 1.82) is 0 Å². The first kappa shape index (κ1) is 13.0. The fourth-order valence-corrected chi connectivity index (χ4v) is 2.72. The van der Waals surface area contributed by atoms with E-state index in [1.807, 2.05) is 18.9 Å². The van der Waals surface area contributed by atoms with Gasteiger partial charge in [0, 0.05) is 11.9 Å². The van der Waals surface area contributed by atoms with Crippen LogP contribution in [0.3, 0.4) is 0 Å². The molecule has 0 aromatic carbocycles. The average Bonchev–Trinajstić information content (AvgIpc) is 2.78. The van der Waals surface area contributed by atoms with Crippen molar-refractivity contribution >= 4 is 33.3 Å². The smallest absolute Gasteiger partial charge is 0.223 e. The first-order valence-electron chi connectivity index (χ1n) is 5.96. The van der Waals surface area contributed by atoms with Crippen molar-refractivity contribution in [2.45, 2.75) is 26.3 Å². The number of likely N-dealkylation sites (N-methyl/N-ethyl adjacent to an activating group) is 1. The van der Waals surface area contributed by atoms with Crippen molar-refractivity contribution in [2.24, 2.45) is 0 Å². The number of aromatic nitrogens is 2. The number of nitrogens with two attached hydrogens (primary N) is 1. The molecule has 0 radical (unpaired) electrons. The van der Waals surface area contributed by atoms with Crippen LogP contribution in [-0.2, 0) is 6.42 Å². The molecule has 2 aromatic rings. The fourth-order valence-electron chi connectivity index (χ4n) is 1.75. The van der Waals surface area contributed by atoms with Gasteiger partial charge in [0.25, 0.3) is 0 Å². The molecule has 0 spiro atoms. The summed E-state index contributed by atoms with van der Waals surface area (Å²) in [6, 6.07) is 2.10. The number of rotatable bonds is 4. The molecule has 3 N–H and O–H groups in total. The predicted molar refractivity (Wildman–Crippen MR) is 76.2 cm³/mol. The number of anilines is 2. The topological polar surface area (TPSA) is 75.3 Å². The van der Waals surface area contributed by atoms with Crippen molar-refractivity contribution in [2.75, 3.05) is 24.3 Å². The maximum absolute atomic E-state index is 9.25. The standard InChI is InChI=1S/C12H18N4OS/c1-4-8-5-9-10(16(3)7(2)6-17)14-12(13)15-11(9)18-8/h5,7,17H,4,6H2,1-3H3,(H2,13,14,15). The predicted octanol–water partition coefficient (Wildman–Crippen LogP) is 1.65. The van der Waals surface area contributed by atoms with Crippen molar-refractivity contribution < 1.29 is 5.11 Å². The quantitative estimate of drug-likeness (QED) is 0.880. The maximum atomic E-state index is 9.25. The van der Waals surface area contributed by atoms with Crippen LogP contribution in [0.4, 0.5) is 11.8 Å². The van der Waals surface area contributed by atoms with Crippen LogP contribution in [0, 0.1) is 0 Å². The molecule has 2 aromatic heterocycles. The highest BCUT2D eigenvalue weighted by Crippen LogP contribution is 2.31. The summed E-state index contributed by atoms with van der Waals surface area (Å²) in [6.07, 6.45) is 0.972. The summed E-state index contributed by atoms with van der Waals surface area (Å²) in [6.45, 7) is 4.13. The molecule has 0 aliphatic heterocycles. The van der Waals surface area contributed by atoms with E-state index in [4.69, 9.17) is 5.73 Å². The first-order chi connectivity index (χ1) is 8.56. The first-order valence-corrected chi connectivity index (χ1v) is 6.78. The molecule has 1 atom stereocenters. The lowest BCUT2D eigenvalue weighted by molar-refractivity contribution is 0.270. The van der Waals surface area contributed by atoms with Gasteiger partial charge < -0.3 is 15.7 Å². The molecule has 2 heterocycles. The second kappa shape index (κ2) is 5.07. The number of hydrogen-bond donors (Lipinski definition) is 2. The van der Waals surface area contributed by atoms with E-state index in [9.17, 15) is 5.11 Å². The van der Waals surface area contributed by atoms with Crippen LogP contribution in [0.5, 0.6) is 0 Å². The normalized spacial score (nSPS) is 12.9. The van der Waals surface area contributed by atoms with Gasteiger partial charge >= 0.3 is 0 Å². The van der Waals surface area contributed by atoms with E-state index < -0.39 is 0 Å². The molecule has 0 saturated heterocycles. The lowest BCUT2D eigenvalue weighted by Crippen LogP contribution is -2.32. The minimum absolute atomic E-state index is 0.00697. The lowest BCUT2D eigenvalue weighted by atomic mass is 10.2. The number of fused-ring (bicyclic) bond motifs is 1. The number of thiophene rings is 1. The Bertz CT molecular complexity index is 554. The van der Waals surface area contributed by atoms with Crippen LogP contribution in [0.1, 0.15) is 18.7 Å². The van der Waals surface area contributed by atoms with E-state index in [0.29, 0.717) is 0 Å². The van der Waals surface area contributed by atoms with E-state index in [1.54, 1.807) is 11.3 Å². The fraction of sp³-hybridized carbons (Fsp3) is 0.500. The van der Waals surface area contributed by atoms with E-state index >= 15 is 0 Å². The van der Waals surface area contributed by atoms with Crippen LogP contribution < -0.4 is 10.6 Å². The van der Waals surface area contributed by atoms with Gasteiger partial charge in [-0.25, -0.2) is 4.98 Å². The van der Waals surface area contributed by atoms with Gasteiger partial charge in [0.2, 0.25) is 5.95 Å². The Balaban J connectivity index is 2.57. The Morgan fingerprint density at radius 2 is 2.22 bits per heavy atom. The third-order valence-corrected chi connectivity index (χ3v) is 4.22. The molecule has 0 fully saturated rings. The molecule has 0 saturated carbocycles.